The summed E-state index contributed by atoms with van der Waals surface area (Å²) in [7, 11) is 0. The second kappa shape index (κ2) is 8.98. The Bertz CT molecular complexity index is 317. The van der Waals surface area contributed by atoms with E-state index in [1.54, 1.807) is 0 Å². The summed E-state index contributed by atoms with van der Waals surface area (Å²) < 4.78 is 0. The van der Waals surface area contributed by atoms with E-state index in [0.717, 1.165) is 6.54 Å². The molecule has 2 heteroatoms. The van der Waals surface area contributed by atoms with Crippen molar-refractivity contribution in [3.63, 3.8) is 0 Å². The molecule has 1 aliphatic rings. The number of benzene rings is 1. The number of anilines is 1. The first-order valence-corrected chi connectivity index (χ1v) is 7.96. The van der Waals surface area contributed by atoms with E-state index in [1.165, 1.54) is 70.3 Å². The van der Waals surface area contributed by atoms with Crippen LogP contribution >= 0.6 is 0 Å². The van der Waals surface area contributed by atoms with Gasteiger partial charge in [-0.15, -0.1) is 0 Å². The molecule has 2 nitrogen and oxygen atoms in total. The second-order valence-corrected chi connectivity index (χ2v) is 5.61. The van der Waals surface area contributed by atoms with Gasteiger partial charge in [-0.2, -0.15) is 0 Å². The second-order valence-electron chi connectivity index (χ2n) is 5.61. The number of rotatable bonds is 8. The van der Waals surface area contributed by atoms with Crippen LogP contribution in [0.15, 0.2) is 30.3 Å². The van der Waals surface area contributed by atoms with E-state index in [-0.39, 0.29) is 0 Å². The number of hydrogen-bond donors (Lipinski definition) is 1. The Balaban J connectivity index is 1.42. The van der Waals surface area contributed by atoms with Crippen molar-refractivity contribution >= 4 is 5.69 Å². The van der Waals surface area contributed by atoms with Crippen LogP contribution in [-0.2, 0) is 0 Å². The van der Waals surface area contributed by atoms with Crippen LogP contribution in [0.25, 0.3) is 0 Å². The lowest BCUT2D eigenvalue weighted by Crippen LogP contribution is -2.30. The van der Waals surface area contributed by atoms with Crippen LogP contribution in [0, 0.1) is 0 Å². The van der Waals surface area contributed by atoms with Crippen molar-refractivity contribution in [3.05, 3.63) is 30.3 Å². The Hall–Kier alpha value is -1.02. The van der Waals surface area contributed by atoms with Gasteiger partial charge in [0, 0.05) is 12.2 Å². The molecule has 0 aliphatic carbocycles. The normalized spacial score (nSPS) is 16.4. The van der Waals surface area contributed by atoms with Gasteiger partial charge in [-0.25, -0.2) is 0 Å². The molecule has 0 amide bonds. The van der Waals surface area contributed by atoms with E-state index in [9.17, 15) is 0 Å². The highest BCUT2D eigenvalue weighted by atomic mass is 15.1. The van der Waals surface area contributed by atoms with Crippen LogP contribution in [0.2, 0.25) is 0 Å². The third-order valence-corrected chi connectivity index (χ3v) is 3.95. The summed E-state index contributed by atoms with van der Waals surface area (Å²) in [6.45, 7) is 5.12. The summed E-state index contributed by atoms with van der Waals surface area (Å²) in [5, 5.41) is 3.47. The molecule has 19 heavy (non-hydrogen) atoms. The Morgan fingerprint density at radius 1 is 0.842 bits per heavy atom. The summed E-state index contributed by atoms with van der Waals surface area (Å²) in [4.78, 5) is 2.64. The van der Waals surface area contributed by atoms with Gasteiger partial charge in [-0.05, 0) is 57.5 Å². The summed E-state index contributed by atoms with van der Waals surface area (Å²) in [5.41, 5.74) is 1.25. The van der Waals surface area contributed by atoms with E-state index in [2.05, 4.69) is 40.5 Å². The molecule has 1 saturated heterocycles. The van der Waals surface area contributed by atoms with Gasteiger partial charge >= 0.3 is 0 Å². The van der Waals surface area contributed by atoms with Gasteiger partial charge < -0.3 is 10.2 Å². The quantitative estimate of drug-likeness (QED) is 0.707. The lowest BCUT2D eigenvalue weighted by atomic mass is 10.1. The zero-order chi connectivity index (χ0) is 13.2. The number of hydrogen-bond acceptors (Lipinski definition) is 2. The van der Waals surface area contributed by atoms with Gasteiger partial charge in [-0.3, -0.25) is 0 Å². The molecule has 1 aliphatic heterocycles. The van der Waals surface area contributed by atoms with Crippen molar-refractivity contribution in [2.75, 3.05) is 31.5 Å². The van der Waals surface area contributed by atoms with E-state index in [4.69, 9.17) is 0 Å². The molecular formula is C17H28N2. The first kappa shape index (κ1) is 14.4. The Morgan fingerprint density at radius 3 is 2.37 bits per heavy atom. The highest BCUT2D eigenvalue weighted by molar-refractivity contribution is 5.42. The highest BCUT2D eigenvalue weighted by Gasteiger charge is 2.08. The van der Waals surface area contributed by atoms with Crippen molar-refractivity contribution in [2.45, 2.75) is 44.9 Å². The molecule has 0 bridgehead atoms. The third-order valence-electron chi connectivity index (χ3n) is 3.95. The average molecular weight is 260 g/mol. The number of nitrogens with zero attached hydrogens (tertiary/aromatic N) is 1. The largest absolute Gasteiger partial charge is 0.385 e. The van der Waals surface area contributed by atoms with Crippen LogP contribution < -0.4 is 5.32 Å². The molecule has 0 spiro atoms. The van der Waals surface area contributed by atoms with Crippen LogP contribution in [0.5, 0.6) is 0 Å². The zero-order valence-corrected chi connectivity index (χ0v) is 12.1. The zero-order valence-electron chi connectivity index (χ0n) is 12.1. The van der Waals surface area contributed by atoms with Crippen molar-refractivity contribution in [2.24, 2.45) is 0 Å². The van der Waals surface area contributed by atoms with Crippen molar-refractivity contribution < 1.29 is 0 Å². The van der Waals surface area contributed by atoms with Crippen molar-refractivity contribution in [1.82, 2.24) is 4.90 Å². The van der Waals surface area contributed by atoms with Gasteiger partial charge in [0.2, 0.25) is 0 Å². The minimum absolute atomic E-state index is 1.10. The van der Waals surface area contributed by atoms with E-state index < -0.39 is 0 Å². The predicted octanol–water partition coefficient (Wildman–Crippen LogP) is 4.14. The standard InChI is InChI=1S/C17H28N2/c1(2-8-14-19-15-9-4-10-16-19)7-13-18-17-11-5-3-6-12-17/h3,5-6,11-12,18H,1-2,4,7-10,13-16H2. The average Bonchev–Trinajstić information content (AvgIpc) is 2.48. The van der Waals surface area contributed by atoms with Gasteiger partial charge in [0.15, 0.2) is 0 Å². The first-order valence-electron chi connectivity index (χ1n) is 7.96. The number of unbranched alkanes of at least 4 members (excludes halogenated alkanes) is 3. The highest BCUT2D eigenvalue weighted by Crippen LogP contribution is 2.11. The maximum absolute atomic E-state index is 3.47. The van der Waals surface area contributed by atoms with Crippen molar-refractivity contribution in [3.8, 4) is 0 Å². The molecule has 106 valence electrons. The summed E-state index contributed by atoms with van der Waals surface area (Å²) >= 11 is 0. The molecule has 1 N–H and O–H groups in total. The molecule has 0 unspecified atom stereocenters. The maximum Gasteiger partial charge on any atom is 0.0340 e. The summed E-state index contributed by atoms with van der Waals surface area (Å²) in [5.74, 6) is 0. The maximum atomic E-state index is 3.47. The molecule has 1 aromatic carbocycles. The molecule has 0 aromatic heterocycles. The molecule has 0 radical (unpaired) electrons. The Labute approximate surface area is 118 Å². The minimum Gasteiger partial charge on any atom is -0.385 e. The van der Waals surface area contributed by atoms with Gasteiger partial charge in [-0.1, -0.05) is 37.5 Å². The predicted molar refractivity (Wildman–Crippen MR) is 83.7 cm³/mol. The molecule has 0 saturated carbocycles. The van der Waals surface area contributed by atoms with Gasteiger partial charge in [0.1, 0.15) is 0 Å². The summed E-state index contributed by atoms with van der Waals surface area (Å²) in [6.07, 6.45) is 9.69. The van der Waals surface area contributed by atoms with E-state index in [0.29, 0.717) is 0 Å². The third kappa shape index (κ3) is 6.11. The number of para-hydroxylation sites is 1. The Morgan fingerprint density at radius 2 is 1.58 bits per heavy atom. The SMILES string of the molecule is c1ccc(NCCCCCCN2CCCCC2)cc1. The van der Waals surface area contributed by atoms with E-state index in [1.807, 2.05) is 0 Å². The molecule has 0 atom stereocenters. The number of likely N-dealkylation sites (tertiary alicyclic amines) is 1. The van der Waals surface area contributed by atoms with Gasteiger partial charge in [0.25, 0.3) is 0 Å². The summed E-state index contributed by atoms with van der Waals surface area (Å²) in [6, 6.07) is 10.5. The molecule has 1 aromatic rings. The van der Waals surface area contributed by atoms with Crippen LogP contribution in [0.1, 0.15) is 44.9 Å². The first-order chi connectivity index (χ1) is 9.45. The van der Waals surface area contributed by atoms with Crippen LogP contribution in [-0.4, -0.2) is 31.1 Å². The van der Waals surface area contributed by atoms with E-state index >= 15 is 0 Å². The topological polar surface area (TPSA) is 15.3 Å². The lowest BCUT2D eigenvalue weighted by molar-refractivity contribution is 0.224. The molecule has 1 fully saturated rings. The number of piperidine rings is 1. The van der Waals surface area contributed by atoms with Crippen LogP contribution in [0.4, 0.5) is 5.69 Å². The smallest absolute Gasteiger partial charge is 0.0340 e. The molecular weight excluding hydrogens is 232 g/mol. The molecule has 2 rings (SSSR count). The van der Waals surface area contributed by atoms with Crippen molar-refractivity contribution in [1.29, 1.82) is 0 Å². The number of nitrogens with one attached hydrogen (secondary N) is 1. The molecule has 1 heterocycles. The fraction of sp³-hybridized carbons (Fsp3) is 0.647. The monoisotopic (exact) mass is 260 g/mol. The fourth-order valence-electron chi connectivity index (χ4n) is 2.79. The minimum atomic E-state index is 1.10. The van der Waals surface area contributed by atoms with Crippen LogP contribution in [0.3, 0.4) is 0 Å². The lowest BCUT2D eigenvalue weighted by Gasteiger charge is -2.26. The Kier molecular flexibility index (Phi) is 6.80. The van der Waals surface area contributed by atoms with Gasteiger partial charge in [0.05, 0.1) is 0 Å². The fourth-order valence-corrected chi connectivity index (χ4v) is 2.79.